The Morgan fingerprint density at radius 3 is 2.47 bits per heavy atom. The number of nitrogens with one attached hydrogen (secondary N) is 1. The minimum Gasteiger partial charge on any atom is -0.493 e. The molecule has 4 rings (SSSR count). The number of nitro groups is 1. The summed E-state index contributed by atoms with van der Waals surface area (Å²) in [6.45, 7) is 3.18. The predicted octanol–water partition coefficient (Wildman–Crippen LogP) is 5.02. The second-order valence-electron chi connectivity index (χ2n) is 9.17. The maximum Gasteiger partial charge on any atom is 0.292 e. The molecule has 1 aliphatic carbocycles. The summed E-state index contributed by atoms with van der Waals surface area (Å²) in [5.74, 6) is 1.33. The molecule has 1 saturated heterocycles. The van der Waals surface area contributed by atoms with Crippen molar-refractivity contribution in [2.24, 2.45) is 5.92 Å². The highest BCUT2D eigenvalue weighted by atomic mass is 16.6. The van der Waals surface area contributed by atoms with Gasteiger partial charge in [-0.15, -0.1) is 0 Å². The predicted molar refractivity (Wildman–Crippen MR) is 130 cm³/mol. The summed E-state index contributed by atoms with van der Waals surface area (Å²) < 4.78 is 11.7. The number of hydrogen-bond acceptors (Lipinski definition) is 6. The van der Waals surface area contributed by atoms with Crippen LogP contribution in [0.2, 0.25) is 0 Å². The van der Waals surface area contributed by atoms with Crippen LogP contribution in [-0.4, -0.2) is 37.1 Å². The van der Waals surface area contributed by atoms with Crippen LogP contribution < -0.4 is 19.7 Å². The largest absolute Gasteiger partial charge is 0.493 e. The topological polar surface area (TPSA) is 93.9 Å². The van der Waals surface area contributed by atoms with E-state index in [4.69, 9.17) is 9.47 Å². The summed E-state index contributed by atoms with van der Waals surface area (Å²) in [6.07, 6.45) is 6.12. The van der Waals surface area contributed by atoms with Crippen LogP contribution >= 0.6 is 0 Å². The highest BCUT2D eigenvalue weighted by molar-refractivity contribution is 5.79. The van der Waals surface area contributed by atoms with Gasteiger partial charge in [-0.05, 0) is 69.2 Å². The number of rotatable bonds is 8. The Morgan fingerprint density at radius 2 is 1.79 bits per heavy atom. The third-order valence-corrected chi connectivity index (χ3v) is 6.93. The van der Waals surface area contributed by atoms with E-state index in [1.54, 1.807) is 25.3 Å². The molecule has 1 unspecified atom stereocenters. The Bertz CT molecular complexity index is 1010. The molecule has 0 aromatic heterocycles. The van der Waals surface area contributed by atoms with Gasteiger partial charge in [0.1, 0.15) is 5.69 Å². The molecular formula is C26H33N3O5. The Morgan fingerprint density at radius 1 is 1.09 bits per heavy atom. The van der Waals surface area contributed by atoms with E-state index < -0.39 is 0 Å². The molecule has 1 saturated carbocycles. The zero-order chi connectivity index (χ0) is 24.1. The normalized spacial score (nSPS) is 17.9. The van der Waals surface area contributed by atoms with Crippen LogP contribution in [0.5, 0.6) is 11.5 Å². The van der Waals surface area contributed by atoms with Crippen molar-refractivity contribution in [3.05, 3.63) is 58.1 Å². The second-order valence-corrected chi connectivity index (χ2v) is 9.17. The lowest BCUT2D eigenvalue weighted by atomic mass is 9.94. The van der Waals surface area contributed by atoms with E-state index >= 15 is 0 Å². The average Bonchev–Trinajstić information content (AvgIpc) is 3.37. The molecule has 1 heterocycles. The lowest BCUT2D eigenvalue weighted by Gasteiger charge is -2.33. The Kier molecular flexibility index (Phi) is 7.55. The summed E-state index contributed by atoms with van der Waals surface area (Å²) >= 11 is 0. The van der Waals surface area contributed by atoms with Gasteiger partial charge in [0.25, 0.3) is 5.69 Å². The Labute approximate surface area is 200 Å². The first-order valence-corrected chi connectivity index (χ1v) is 12.1. The number of nitrogens with zero attached hydrogens (tertiary/aromatic N) is 2. The Balaban J connectivity index is 1.34. The molecule has 2 aromatic carbocycles. The van der Waals surface area contributed by atoms with E-state index in [0.717, 1.165) is 24.2 Å². The summed E-state index contributed by atoms with van der Waals surface area (Å²) in [7, 11) is 1.63. The molecule has 1 atom stereocenters. The number of benzene rings is 2. The van der Waals surface area contributed by atoms with Crippen LogP contribution in [0.25, 0.3) is 0 Å². The maximum atomic E-state index is 13.0. The van der Waals surface area contributed by atoms with Crippen molar-refractivity contribution in [2.45, 2.75) is 57.6 Å². The van der Waals surface area contributed by atoms with Crippen LogP contribution in [0.4, 0.5) is 11.4 Å². The lowest BCUT2D eigenvalue weighted by molar-refractivity contribution is -0.384. The minimum absolute atomic E-state index is 0.0139. The third-order valence-electron chi connectivity index (χ3n) is 6.93. The quantitative estimate of drug-likeness (QED) is 0.433. The highest BCUT2D eigenvalue weighted by Gasteiger charge is 2.29. The standard InChI is InChI=1S/C26H33N3O5/c1-18(20-11-12-24(25(17-20)33-2)34-21-7-3-4-8-21)27-26(30)19-13-15-28(16-14-19)22-9-5-6-10-23(22)29(31)32/h5-6,9-12,17-19,21H,3-4,7-8,13-16H2,1-2H3,(H,27,30). The summed E-state index contributed by atoms with van der Waals surface area (Å²) in [4.78, 5) is 25.9. The molecule has 0 spiro atoms. The SMILES string of the molecule is COc1cc(C(C)NC(=O)C2CCN(c3ccccc3[N+](=O)[O-])CC2)ccc1OC1CCCC1. The summed E-state index contributed by atoms with van der Waals surface area (Å²) in [6, 6.07) is 12.5. The fraction of sp³-hybridized carbons (Fsp3) is 0.500. The number of carbonyl (C=O) groups excluding carboxylic acids is 1. The van der Waals surface area contributed by atoms with Crippen molar-refractivity contribution in [3.63, 3.8) is 0 Å². The third kappa shape index (κ3) is 5.43. The van der Waals surface area contributed by atoms with Gasteiger partial charge >= 0.3 is 0 Å². The summed E-state index contributed by atoms with van der Waals surface area (Å²) in [5.41, 5.74) is 1.68. The zero-order valence-electron chi connectivity index (χ0n) is 19.9. The number of piperidine rings is 1. The summed E-state index contributed by atoms with van der Waals surface area (Å²) in [5, 5.41) is 14.5. The van der Waals surface area contributed by atoms with Crippen LogP contribution in [0, 0.1) is 16.0 Å². The Hall–Kier alpha value is -3.29. The number of anilines is 1. The molecular weight excluding hydrogens is 434 g/mol. The fourth-order valence-electron chi connectivity index (χ4n) is 4.92. The van der Waals surface area contributed by atoms with Gasteiger partial charge in [0, 0.05) is 25.1 Å². The fourth-order valence-corrected chi connectivity index (χ4v) is 4.92. The van der Waals surface area contributed by atoms with Gasteiger partial charge in [0.05, 0.1) is 24.2 Å². The van der Waals surface area contributed by atoms with Gasteiger partial charge in [-0.2, -0.15) is 0 Å². The zero-order valence-corrected chi connectivity index (χ0v) is 19.9. The van der Waals surface area contributed by atoms with E-state index in [1.165, 1.54) is 18.9 Å². The smallest absolute Gasteiger partial charge is 0.292 e. The number of amides is 1. The van der Waals surface area contributed by atoms with E-state index in [-0.39, 0.29) is 34.6 Å². The van der Waals surface area contributed by atoms with Crippen LogP contribution in [0.3, 0.4) is 0 Å². The monoisotopic (exact) mass is 467 g/mol. The number of nitro benzene ring substituents is 1. The van der Waals surface area contributed by atoms with E-state index in [9.17, 15) is 14.9 Å². The number of methoxy groups -OCH3 is 1. The first-order valence-electron chi connectivity index (χ1n) is 12.1. The van der Waals surface area contributed by atoms with Crippen LogP contribution in [-0.2, 0) is 4.79 Å². The first-order chi connectivity index (χ1) is 16.5. The van der Waals surface area contributed by atoms with Crippen molar-refractivity contribution < 1.29 is 19.2 Å². The van der Waals surface area contributed by atoms with Gasteiger partial charge in [-0.1, -0.05) is 18.2 Å². The van der Waals surface area contributed by atoms with Crippen molar-refractivity contribution in [3.8, 4) is 11.5 Å². The molecule has 1 amide bonds. The van der Waals surface area contributed by atoms with Crippen LogP contribution in [0.1, 0.15) is 57.1 Å². The maximum absolute atomic E-state index is 13.0. The molecule has 182 valence electrons. The molecule has 2 fully saturated rings. The molecule has 2 aromatic rings. The lowest BCUT2D eigenvalue weighted by Crippen LogP contribution is -2.41. The minimum atomic E-state index is -0.353. The van der Waals surface area contributed by atoms with E-state index in [1.807, 2.05) is 30.0 Å². The molecule has 1 aliphatic heterocycles. The molecule has 0 bridgehead atoms. The molecule has 2 aliphatic rings. The number of carbonyl (C=O) groups is 1. The molecule has 8 nitrogen and oxygen atoms in total. The number of ether oxygens (including phenoxy) is 2. The van der Waals surface area contributed by atoms with Crippen molar-refractivity contribution in [1.82, 2.24) is 5.32 Å². The number of para-hydroxylation sites is 2. The van der Waals surface area contributed by atoms with E-state index in [0.29, 0.717) is 37.4 Å². The van der Waals surface area contributed by atoms with Crippen molar-refractivity contribution in [1.29, 1.82) is 0 Å². The first kappa shape index (κ1) is 23.9. The molecule has 0 radical (unpaired) electrons. The van der Waals surface area contributed by atoms with Crippen LogP contribution in [0.15, 0.2) is 42.5 Å². The van der Waals surface area contributed by atoms with Gasteiger partial charge in [-0.25, -0.2) is 0 Å². The van der Waals surface area contributed by atoms with Gasteiger partial charge < -0.3 is 19.7 Å². The average molecular weight is 468 g/mol. The second kappa shape index (κ2) is 10.8. The van der Waals surface area contributed by atoms with Gasteiger partial charge in [0.2, 0.25) is 5.91 Å². The molecule has 34 heavy (non-hydrogen) atoms. The van der Waals surface area contributed by atoms with E-state index in [2.05, 4.69) is 5.32 Å². The highest BCUT2D eigenvalue weighted by Crippen LogP contribution is 2.34. The van der Waals surface area contributed by atoms with Gasteiger partial charge in [-0.3, -0.25) is 14.9 Å². The van der Waals surface area contributed by atoms with Crippen molar-refractivity contribution in [2.75, 3.05) is 25.1 Å². The number of hydrogen-bond donors (Lipinski definition) is 1. The molecule has 8 heteroatoms. The van der Waals surface area contributed by atoms with Crippen molar-refractivity contribution >= 4 is 17.3 Å². The molecule has 1 N–H and O–H groups in total. The van der Waals surface area contributed by atoms with Gasteiger partial charge in [0.15, 0.2) is 11.5 Å².